The van der Waals surface area contributed by atoms with Crippen LogP contribution in [0.5, 0.6) is 5.75 Å². The molecule has 104 valence electrons. The second-order valence-corrected chi connectivity index (χ2v) is 5.46. The summed E-state index contributed by atoms with van der Waals surface area (Å²) in [4.78, 5) is 0.728. The summed E-state index contributed by atoms with van der Waals surface area (Å²) in [5.41, 5.74) is 0. The van der Waals surface area contributed by atoms with Crippen molar-refractivity contribution in [2.24, 2.45) is 0 Å². The number of methoxy groups -OCH3 is 1. The van der Waals surface area contributed by atoms with Gasteiger partial charge < -0.3 is 9.47 Å². The molecular weight excluding hydrogens is 300 g/mol. The fourth-order valence-electron chi connectivity index (χ4n) is 1.65. The monoisotopic (exact) mass is 310 g/mol. The number of hydrogen-bond acceptors (Lipinski definition) is 6. The van der Waals surface area contributed by atoms with Crippen molar-refractivity contribution in [3.63, 3.8) is 0 Å². The van der Waals surface area contributed by atoms with Gasteiger partial charge in [0.1, 0.15) is 19.0 Å². The molecule has 2 aromatic heterocycles. The Morgan fingerprint density at radius 3 is 2.75 bits per heavy atom. The fraction of sp³-hybridized carbons (Fsp3) is 0.250. The van der Waals surface area contributed by atoms with Gasteiger partial charge in [-0.05, 0) is 24.3 Å². The third kappa shape index (κ3) is 2.74. The number of benzene rings is 1. The smallest absolute Gasteiger partial charge is 0.234 e. The van der Waals surface area contributed by atoms with Gasteiger partial charge in [0.05, 0.1) is 0 Å². The molecule has 0 fully saturated rings. The van der Waals surface area contributed by atoms with Crippen molar-refractivity contribution in [2.75, 3.05) is 7.11 Å². The van der Waals surface area contributed by atoms with E-state index in [9.17, 15) is 0 Å². The zero-order valence-electron chi connectivity index (χ0n) is 10.6. The molecule has 0 atom stereocenters. The third-order valence-electron chi connectivity index (χ3n) is 2.55. The first kappa shape index (κ1) is 13.3. The van der Waals surface area contributed by atoms with Gasteiger partial charge in [-0.2, -0.15) is 9.61 Å². The summed E-state index contributed by atoms with van der Waals surface area (Å²) in [6, 6.07) is 7.20. The number of aromatic nitrogens is 4. The summed E-state index contributed by atoms with van der Waals surface area (Å²) in [5, 5.41) is 13.9. The van der Waals surface area contributed by atoms with Crippen LogP contribution in [0.3, 0.4) is 0 Å². The lowest BCUT2D eigenvalue weighted by Crippen LogP contribution is -2.00. The summed E-state index contributed by atoms with van der Waals surface area (Å²) in [6.07, 6.45) is 0. The van der Waals surface area contributed by atoms with Gasteiger partial charge in [0.25, 0.3) is 0 Å². The molecule has 0 N–H and O–H groups in total. The summed E-state index contributed by atoms with van der Waals surface area (Å²) in [7, 11) is 1.61. The molecule has 0 amide bonds. The Kier molecular flexibility index (Phi) is 3.81. The molecule has 3 rings (SSSR count). The van der Waals surface area contributed by atoms with Gasteiger partial charge in [0, 0.05) is 12.1 Å². The topological polar surface area (TPSA) is 61.5 Å². The molecule has 0 bridgehead atoms. The van der Waals surface area contributed by atoms with Crippen molar-refractivity contribution >= 4 is 27.9 Å². The third-order valence-corrected chi connectivity index (χ3v) is 3.67. The lowest BCUT2D eigenvalue weighted by atomic mass is 10.3. The van der Waals surface area contributed by atoms with Crippen molar-refractivity contribution in [2.45, 2.75) is 13.2 Å². The molecule has 8 heteroatoms. The van der Waals surface area contributed by atoms with Gasteiger partial charge in [-0.1, -0.05) is 22.9 Å². The second-order valence-electron chi connectivity index (χ2n) is 3.98. The van der Waals surface area contributed by atoms with Gasteiger partial charge in [0.2, 0.25) is 4.96 Å². The van der Waals surface area contributed by atoms with Gasteiger partial charge >= 0.3 is 0 Å². The first-order valence-electron chi connectivity index (χ1n) is 5.83. The number of halogens is 1. The van der Waals surface area contributed by atoms with E-state index in [1.165, 1.54) is 11.3 Å². The van der Waals surface area contributed by atoms with Crippen molar-refractivity contribution < 1.29 is 9.47 Å². The maximum atomic E-state index is 5.82. The Bertz CT molecular complexity index is 710. The minimum atomic E-state index is 0.377. The molecule has 0 aliphatic heterocycles. The predicted octanol–water partition coefficient (Wildman–Crippen LogP) is 2.56. The maximum absolute atomic E-state index is 5.82. The molecule has 0 aliphatic carbocycles. The summed E-state index contributed by atoms with van der Waals surface area (Å²) >= 11 is 7.26. The van der Waals surface area contributed by atoms with Crippen LogP contribution in [0.2, 0.25) is 5.02 Å². The minimum absolute atomic E-state index is 0.377. The van der Waals surface area contributed by atoms with Crippen LogP contribution in [0.15, 0.2) is 24.3 Å². The minimum Gasteiger partial charge on any atom is -0.486 e. The van der Waals surface area contributed by atoms with Crippen LogP contribution in [0, 0.1) is 0 Å². The lowest BCUT2D eigenvalue weighted by molar-refractivity contribution is 0.176. The molecule has 6 nitrogen and oxygen atoms in total. The standard InChI is InChI=1S/C12H11ClN4O2S/c1-18-6-10-14-15-12-17(10)16-11(20-12)7-19-9-4-2-8(13)3-5-9/h2-5H,6-7H2,1H3. The molecule has 0 saturated carbocycles. The largest absolute Gasteiger partial charge is 0.486 e. The molecule has 0 aliphatic rings. The van der Waals surface area contributed by atoms with E-state index in [4.69, 9.17) is 21.1 Å². The van der Waals surface area contributed by atoms with E-state index in [1.807, 2.05) is 12.1 Å². The molecule has 0 spiro atoms. The summed E-state index contributed by atoms with van der Waals surface area (Å²) < 4.78 is 12.4. The Morgan fingerprint density at radius 2 is 2.00 bits per heavy atom. The van der Waals surface area contributed by atoms with Crippen LogP contribution in [0.4, 0.5) is 0 Å². The summed E-state index contributed by atoms with van der Waals surface area (Å²) in [6.45, 7) is 0.754. The van der Waals surface area contributed by atoms with Crippen LogP contribution in [-0.4, -0.2) is 26.9 Å². The zero-order valence-corrected chi connectivity index (χ0v) is 12.2. The molecule has 0 radical (unpaired) electrons. The van der Waals surface area contributed by atoms with Gasteiger partial charge in [-0.3, -0.25) is 0 Å². The van der Waals surface area contributed by atoms with E-state index in [-0.39, 0.29) is 0 Å². The average Bonchev–Trinajstić information content (AvgIpc) is 3.00. The van der Waals surface area contributed by atoms with E-state index in [2.05, 4.69) is 15.3 Å². The number of rotatable bonds is 5. The van der Waals surface area contributed by atoms with E-state index in [1.54, 1.807) is 23.8 Å². The quantitative estimate of drug-likeness (QED) is 0.725. The predicted molar refractivity (Wildman–Crippen MR) is 75.2 cm³/mol. The van der Waals surface area contributed by atoms with Crippen molar-refractivity contribution in [1.82, 2.24) is 19.8 Å². The van der Waals surface area contributed by atoms with E-state index in [0.717, 1.165) is 15.7 Å². The van der Waals surface area contributed by atoms with Crippen molar-refractivity contribution in [1.29, 1.82) is 0 Å². The summed E-state index contributed by atoms with van der Waals surface area (Å²) in [5.74, 6) is 1.42. The Balaban J connectivity index is 1.72. The molecular formula is C12H11ClN4O2S. The average molecular weight is 311 g/mol. The van der Waals surface area contributed by atoms with Crippen LogP contribution in [0.25, 0.3) is 4.96 Å². The molecule has 0 saturated heterocycles. The Hall–Kier alpha value is -1.70. The molecule has 0 unspecified atom stereocenters. The van der Waals surface area contributed by atoms with Crippen LogP contribution in [0.1, 0.15) is 10.8 Å². The normalized spacial score (nSPS) is 11.1. The first-order chi connectivity index (χ1) is 9.76. The van der Waals surface area contributed by atoms with Crippen LogP contribution in [-0.2, 0) is 18.0 Å². The lowest BCUT2D eigenvalue weighted by Gasteiger charge is -2.02. The van der Waals surface area contributed by atoms with Crippen molar-refractivity contribution in [3.8, 4) is 5.75 Å². The van der Waals surface area contributed by atoms with Crippen LogP contribution < -0.4 is 4.74 Å². The van der Waals surface area contributed by atoms with Gasteiger partial charge in [0.15, 0.2) is 10.8 Å². The van der Waals surface area contributed by atoms with Crippen LogP contribution >= 0.6 is 22.9 Å². The molecule has 1 aromatic carbocycles. The number of hydrogen-bond donors (Lipinski definition) is 0. The van der Waals surface area contributed by atoms with Gasteiger partial charge in [-0.25, -0.2) is 0 Å². The molecule has 3 aromatic rings. The van der Waals surface area contributed by atoms with Gasteiger partial charge in [-0.15, -0.1) is 10.2 Å². The molecule has 20 heavy (non-hydrogen) atoms. The Morgan fingerprint density at radius 1 is 1.20 bits per heavy atom. The maximum Gasteiger partial charge on any atom is 0.234 e. The highest BCUT2D eigenvalue weighted by Gasteiger charge is 2.11. The number of ether oxygens (including phenoxy) is 2. The first-order valence-corrected chi connectivity index (χ1v) is 7.03. The fourth-order valence-corrected chi connectivity index (χ4v) is 2.54. The van der Waals surface area contributed by atoms with E-state index < -0.39 is 0 Å². The van der Waals surface area contributed by atoms with E-state index in [0.29, 0.717) is 24.1 Å². The Labute approximate surface area is 123 Å². The molecule has 2 heterocycles. The van der Waals surface area contributed by atoms with E-state index >= 15 is 0 Å². The number of nitrogens with zero attached hydrogens (tertiary/aromatic N) is 4. The second kappa shape index (κ2) is 5.74. The van der Waals surface area contributed by atoms with Crippen molar-refractivity contribution in [3.05, 3.63) is 40.1 Å². The zero-order chi connectivity index (χ0) is 13.9. The number of fused-ring (bicyclic) bond motifs is 1. The highest BCUT2D eigenvalue weighted by molar-refractivity contribution is 7.16. The highest BCUT2D eigenvalue weighted by atomic mass is 35.5. The SMILES string of the molecule is COCc1nnc2sc(COc3ccc(Cl)cc3)nn12. The highest BCUT2D eigenvalue weighted by Crippen LogP contribution is 2.19.